The Balaban J connectivity index is 2.15. The van der Waals surface area contributed by atoms with Crippen LogP contribution in [0, 0.1) is 10.1 Å². The fourth-order valence-corrected chi connectivity index (χ4v) is 3.37. The molecule has 0 spiro atoms. The maximum atomic E-state index is 11.4. The molecule has 2 rings (SSSR count). The van der Waals surface area contributed by atoms with Crippen LogP contribution in [0.4, 0.5) is 11.5 Å². The van der Waals surface area contributed by atoms with Crippen molar-refractivity contribution in [3.63, 3.8) is 0 Å². The van der Waals surface area contributed by atoms with Gasteiger partial charge in [-0.15, -0.1) is 0 Å². The number of esters is 1. The van der Waals surface area contributed by atoms with Crippen molar-refractivity contribution in [2.45, 2.75) is 23.8 Å². The van der Waals surface area contributed by atoms with Gasteiger partial charge in [0.15, 0.2) is 5.16 Å². The van der Waals surface area contributed by atoms with E-state index in [2.05, 4.69) is 14.7 Å². The van der Waals surface area contributed by atoms with Crippen LogP contribution >= 0.6 is 23.4 Å². The number of benzene rings is 1. The summed E-state index contributed by atoms with van der Waals surface area (Å²) in [6.45, 7) is 0. The van der Waals surface area contributed by atoms with Crippen molar-refractivity contribution in [2.75, 3.05) is 26.1 Å². The van der Waals surface area contributed by atoms with Crippen LogP contribution in [0.15, 0.2) is 29.4 Å². The van der Waals surface area contributed by atoms with E-state index >= 15 is 0 Å². The minimum Gasteiger partial charge on any atom is -0.469 e. The average Bonchev–Trinajstić information content (AvgIpc) is 2.64. The van der Waals surface area contributed by atoms with Crippen LogP contribution in [0.2, 0.25) is 5.15 Å². The molecule has 1 aromatic carbocycles. The molecule has 0 atom stereocenters. The molecule has 0 aliphatic heterocycles. The van der Waals surface area contributed by atoms with Gasteiger partial charge < -0.3 is 9.64 Å². The predicted molar refractivity (Wildman–Crippen MR) is 104 cm³/mol. The van der Waals surface area contributed by atoms with Gasteiger partial charge in [-0.2, -0.15) is 0 Å². The summed E-state index contributed by atoms with van der Waals surface area (Å²) in [5.41, 5.74) is 1.64. The van der Waals surface area contributed by atoms with Crippen molar-refractivity contribution in [3.05, 3.63) is 50.7 Å². The van der Waals surface area contributed by atoms with E-state index < -0.39 is 4.92 Å². The molecule has 0 unspecified atom stereocenters. The standard InChI is InChI=1S/C17H19ClN4O4S/c1-21(2)16-13(8-9-14(23)26-3)15(18)19-17(20-16)27-10-11-4-6-12(7-5-11)22(24)25/h4-7H,8-10H2,1-3H3. The lowest BCUT2D eigenvalue weighted by Crippen LogP contribution is -2.16. The number of nitro groups is 1. The molecule has 1 aromatic heterocycles. The summed E-state index contributed by atoms with van der Waals surface area (Å²) in [5.74, 6) is 0.861. The second kappa shape index (κ2) is 9.52. The number of anilines is 1. The number of ether oxygens (including phenoxy) is 1. The third-order valence-electron chi connectivity index (χ3n) is 3.66. The molecular formula is C17H19ClN4O4S. The normalized spacial score (nSPS) is 10.5. The lowest BCUT2D eigenvalue weighted by molar-refractivity contribution is -0.384. The van der Waals surface area contributed by atoms with E-state index in [0.717, 1.165) is 5.56 Å². The second-order valence-corrected chi connectivity index (χ2v) is 7.08. The van der Waals surface area contributed by atoms with Crippen LogP contribution in [0.3, 0.4) is 0 Å². The van der Waals surface area contributed by atoms with E-state index in [1.54, 1.807) is 12.1 Å². The van der Waals surface area contributed by atoms with Gasteiger partial charge in [0.1, 0.15) is 11.0 Å². The Labute approximate surface area is 166 Å². The fraction of sp³-hybridized carbons (Fsp3) is 0.353. The predicted octanol–water partition coefficient (Wildman–Crippen LogP) is 3.50. The smallest absolute Gasteiger partial charge is 0.305 e. The third-order valence-corrected chi connectivity index (χ3v) is 4.89. The summed E-state index contributed by atoms with van der Waals surface area (Å²) < 4.78 is 4.66. The van der Waals surface area contributed by atoms with Crippen LogP contribution in [0.25, 0.3) is 0 Å². The molecule has 27 heavy (non-hydrogen) atoms. The monoisotopic (exact) mass is 410 g/mol. The number of non-ortho nitro benzene ring substituents is 1. The van der Waals surface area contributed by atoms with Gasteiger partial charge in [0, 0.05) is 44.0 Å². The molecule has 0 aliphatic rings. The summed E-state index contributed by atoms with van der Waals surface area (Å²) in [5, 5.41) is 11.5. The van der Waals surface area contributed by atoms with Crippen molar-refractivity contribution in [2.24, 2.45) is 0 Å². The number of aromatic nitrogens is 2. The molecule has 0 aliphatic carbocycles. The molecule has 0 N–H and O–H groups in total. The molecule has 0 radical (unpaired) electrons. The minimum absolute atomic E-state index is 0.0490. The second-order valence-electron chi connectivity index (χ2n) is 5.78. The molecule has 144 valence electrons. The van der Waals surface area contributed by atoms with Crippen LogP contribution in [0.5, 0.6) is 0 Å². The minimum atomic E-state index is -0.434. The Morgan fingerprint density at radius 3 is 2.52 bits per heavy atom. The molecule has 10 heteroatoms. The summed E-state index contributed by atoms with van der Waals surface area (Å²) in [6, 6.07) is 6.32. The number of rotatable bonds is 8. The number of carbonyl (C=O) groups is 1. The quantitative estimate of drug-likeness (QED) is 0.163. The van der Waals surface area contributed by atoms with Gasteiger partial charge in [0.25, 0.3) is 5.69 Å². The SMILES string of the molecule is COC(=O)CCc1c(Cl)nc(SCc2ccc([N+](=O)[O-])cc2)nc1N(C)C. The molecular weight excluding hydrogens is 392 g/mol. The Morgan fingerprint density at radius 1 is 1.30 bits per heavy atom. The summed E-state index contributed by atoms with van der Waals surface area (Å²) in [4.78, 5) is 32.3. The zero-order valence-electron chi connectivity index (χ0n) is 15.1. The van der Waals surface area contributed by atoms with Crippen LogP contribution in [-0.2, 0) is 21.7 Å². The maximum absolute atomic E-state index is 11.4. The Kier molecular flexibility index (Phi) is 7.37. The third kappa shape index (κ3) is 5.80. The first-order valence-corrected chi connectivity index (χ1v) is 9.35. The first-order valence-electron chi connectivity index (χ1n) is 7.98. The highest BCUT2D eigenvalue weighted by atomic mass is 35.5. The van der Waals surface area contributed by atoms with Gasteiger partial charge in [-0.1, -0.05) is 35.5 Å². The number of halogens is 1. The number of hydrogen-bond donors (Lipinski definition) is 0. The maximum Gasteiger partial charge on any atom is 0.305 e. The van der Waals surface area contributed by atoms with Gasteiger partial charge in [-0.3, -0.25) is 14.9 Å². The molecule has 0 saturated heterocycles. The van der Waals surface area contributed by atoms with Crippen LogP contribution in [-0.4, -0.2) is 42.1 Å². The summed E-state index contributed by atoms with van der Waals surface area (Å²) in [6.07, 6.45) is 0.571. The van der Waals surface area contributed by atoms with Gasteiger partial charge in [-0.05, 0) is 12.0 Å². The van der Waals surface area contributed by atoms with Crippen molar-refractivity contribution in [3.8, 4) is 0 Å². The average molecular weight is 411 g/mol. The van der Waals surface area contributed by atoms with Crippen molar-refractivity contribution in [1.82, 2.24) is 9.97 Å². The number of nitrogens with zero attached hydrogens (tertiary/aromatic N) is 4. The van der Waals surface area contributed by atoms with E-state index in [1.807, 2.05) is 19.0 Å². The first-order chi connectivity index (χ1) is 12.8. The Morgan fingerprint density at radius 2 is 1.96 bits per heavy atom. The summed E-state index contributed by atoms with van der Waals surface area (Å²) in [7, 11) is 5.02. The highest BCUT2D eigenvalue weighted by molar-refractivity contribution is 7.98. The van der Waals surface area contributed by atoms with Gasteiger partial charge in [0.2, 0.25) is 0 Å². The first kappa shape index (κ1) is 20.9. The summed E-state index contributed by atoms with van der Waals surface area (Å²) >= 11 is 7.70. The van der Waals surface area contributed by atoms with Gasteiger partial charge in [-0.25, -0.2) is 9.97 Å². The molecule has 0 bridgehead atoms. The molecule has 2 aromatic rings. The fourth-order valence-electron chi connectivity index (χ4n) is 2.27. The van der Waals surface area contributed by atoms with Crippen molar-refractivity contribution < 1.29 is 14.5 Å². The zero-order valence-corrected chi connectivity index (χ0v) is 16.7. The number of thioether (sulfide) groups is 1. The van der Waals surface area contributed by atoms with Crippen molar-refractivity contribution >= 4 is 40.8 Å². The molecule has 0 fully saturated rings. The van der Waals surface area contributed by atoms with Crippen LogP contribution < -0.4 is 4.90 Å². The Hall–Kier alpha value is -2.39. The van der Waals surface area contributed by atoms with Gasteiger partial charge in [0.05, 0.1) is 12.0 Å². The molecule has 0 saturated carbocycles. The van der Waals surface area contributed by atoms with E-state index in [0.29, 0.717) is 33.9 Å². The van der Waals surface area contributed by atoms with E-state index in [9.17, 15) is 14.9 Å². The van der Waals surface area contributed by atoms with E-state index in [-0.39, 0.29) is 18.1 Å². The topological polar surface area (TPSA) is 98.5 Å². The highest BCUT2D eigenvalue weighted by Crippen LogP contribution is 2.29. The number of hydrogen-bond acceptors (Lipinski definition) is 8. The number of methoxy groups -OCH3 is 1. The van der Waals surface area contributed by atoms with E-state index in [4.69, 9.17) is 11.6 Å². The van der Waals surface area contributed by atoms with Gasteiger partial charge >= 0.3 is 5.97 Å². The Bertz CT molecular complexity index is 830. The van der Waals surface area contributed by atoms with Crippen LogP contribution in [0.1, 0.15) is 17.5 Å². The van der Waals surface area contributed by atoms with Crippen molar-refractivity contribution in [1.29, 1.82) is 0 Å². The molecule has 1 heterocycles. The zero-order chi connectivity index (χ0) is 20.0. The van der Waals surface area contributed by atoms with E-state index in [1.165, 1.54) is 31.0 Å². The number of nitro benzene ring substituents is 1. The molecule has 0 amide bonds. The lowest BCUT2D eigenvalue weighted by atomic mass is 10.1. The highest BCUT2D eigenvalue weighted by Gasteiger charge is 2.17. The lowest BCUT2D eigenvalue weighted by Gasteiger charge is -2.18. The molecule has 8 nitrogen and oxygen atoms in total. The number of carbonyl (C=O) groups excluding carboxylic acids is 1. The largest absolute Gasteiger partial charge is 0.469 e.